The Morgan fingerprint density at radius 3 is 2.63 bits per heavy atom. The predicted molar refractivity (Wildman–Crippen MR) is 81.7 cm³/mol. The van der Waals surface area contributed by atoms with Crippen LogP contribution >= 0.6 is 27.3 Å². The molecule has 0 saturated carbocycles. The van der Waals surface area contributed by atoms with Crippen molar-refractivity contribution in [3.8, 4) is 0 Å². The van der Waals surface area contributed by atoms with Crippen LogP contribution in [0.15, 0.2) is 15.9 Å². The van der Waals surface area contributed by atoms with E-state index in [2.05, 4.69) is 15.9 Å². The van der Waals surface area contributed by atoms with Crippen molar-refractivity contribution in [1.82, 2.24) is 0 Å². The second kappa shape index (κ2) is 9.85. The van der Waals surface area contributed by atoms with Gasteiger partial charge in [0.05, 0.1) is 17.0 Å². The van der Waals surface area contributed by atoms with Crippen LogP contribution in [-0.2, 0) is 14.2 Å². The van der Waals surface area contributed by atoms with Crippen molar-refractivity contribution >= 4 is 27.3 Å². The highest BCUT2D eigenvalue weighted by atomic mass is 79.9. The Morgan fingerprint density at radius 2 is 2.05 bits per heavy atom. The summed E-state index contributed by atoms with van der Waals surface area (Å²) in [5.74, 6) is 0. The van der Waals surface area contributed by atoms with E-state index in [-0.39, 0.29) is 12.1 Å². The summed E-state index contributed by atoms with van der Waals surface area (Å²) in [5, 5.41) is 0. The van der Waals surface area contributed by atoms with Gasteiger partial charge in [0, 0.05) is 31.2 Å². The van der Waals surface area contributed by atoms with Crippen molar-refractivity contribution in [3.05, 3.63) is 20.8 Å². The fourth-order valence-electron chi connectivity index (χ4n) is 1.62. The zero-order valence-corrected chi connectivity index (χ0v) is 13.8. The molecule has 0 bridgehead atoms. The normalized spacial score (nSPS) is 14.5. The van der Waals surface area contributed by atoms with E-state index in [0.717, 1.165) is 21.7 Å². The van der Waals surface area contributed by atoms with Gasteiger partial charge < -0.3 is 19.9 Å². The first-order valence-electron chi connectivity index (χ1n) is 6.34. The maximum atomic E-state index is 5.97. The Labute approximate surface area is 127 Å². The highest BCUT2D eigenvalue weighted by Crippen LogP contribution is 2.30. The fraction of sp³-hybridized carbons (Fsp3) is 0.692. The summed E-state index contributed by atoms with van der Waals surface area (Å²) < 4.78 is 17.3. The van der Waals surface area contributed by atoms with Gasteiger partial charge in [0.15, 0.2) is 0 Å². The number of methoxy groups -OCH3 is 1. The summed E-state index contributed by atoms with van der Waals surface area (Å²) in [6.07, 6.45) is 0.837. The SMILES string of the molecule is COCCCOCCOC(c1ccc(Br)s1)C(C)N. The average Bonchev–Trinajstić information content (AvgIpc) is 2.78. The lowest BCUT2D eigenvalue weighted by Gasteiger charge is -2.20. The molecular weight excluding hydrogens is 330 g/mol. The molecule has 1 aromatic rings. The summed E-state index contributed by atoms with van der Waals surface area (Å²) in [6.45, 7) is 4.52. The monoisotopic (exact) mass is 351 g/mol. The molecule has 0 saturated heterocycles. The van der Waals surface area contributed by atoms with Gasteiger partial charge in [0.2, 0.25) is 0 Å². The van der Waals surface area contributed by atoms with Crippen LogP contribution in [0.2, 0.25) is 0 Å². The summed E-state index contributed by atoms with van der Waals surface area (Å²) in [4.78, 5) is 1.14. The van der Waals surface area contributed by atoms with Gasteiger partial charge in [-0.05, 0) is 41.4 Å². The van der Waals surface area contributed by atoms with Crippen molar-refractivity contribution < 1.29 is 14.2 Å². The zero-order chi connectivity index (χ0) is 14.1. The van der Waals surface area contributed by atoms with Crippen molar-refractivity contribution in [1.29, 1.82) is 0 Å². The van der Waals surface area contributed by atoms with Crippen molar-refractivity contribution in [2.75, 3.05) is 33.5 Å². The highest BCUT2D eigenvalue weighted by molar-refractivity contribution is 9.11. The minimum Gasteiger partial charge on any atom is -0.385 e. The summed E-state index contributed by atoms with van der Waals surface area (Å²) in [6, 6.07) is 4.02. The third-order valence-electron chi connectivity index (χ3n) is 2.51. The Kier molecular flexibility index (Phi) is 8.85. The molecule has 0 fully saturated rings. The van der Waals surface area contributed by atoms with Crippen LogP contribution in [0, 0.1) is 0 Å². The maximum Gasteiger partial charge on any atom is 0.107 e. The highest BCUT2D eigenvalue weighted by Gasteiger charge is 2.18. The maximum absolute atomic E-state index is 5.97. The van der Waals surface area contributed by atoms with E-state index >= 15 is 0 Å². The van der Waals surface area contributed by atoms with E-state index in [4.69, 9.17) is 19.9 Å². The summed E-state index contributed by atoms with van der Waals surface area (Å²) in [7, 11) is 1.69. The largest absolute Gasteiger partial charge is 0.385 e. The van der Waals surface area contributed by atoms with Gasteiger partial charge in [-0.2, -0.15) is 0 Å². The minimum absolute atomic E-state index is 0.0426. The first kappa shape index (κ1) is 17.1. The number of nitrogens with two attached hydrogens (primary N) is 1. The molecule has 0 amide bonds. The van der Waals surface area contributed by atoms with Gasteiger partial charge in [0.1, 0.15) is 6.10 Å². The fourth-order valence-corrected chi connectivity index (χ4v) is 3.20. The molecule has 2 unspecified atom stereocenters. The Bertz CT molecular complexity index is 346. The van der Waals surface area contributed by atoms with Crippen LogP contribution in [0.4, 0.5) is 0 Å². The van der Waals surface area contributed by atoms with E-state index < -0.39 is 0 Å². The number of rotatable bonds is 10. The van der Waals surface area contributed by atoms with Crippen LogP contribution in [-0.4, -0.2) is 39.6 Å². The van der Waals surface area contributed by atoms with Crippen molar-refractivity contribution in [3.63, 3.8) is 0 Å². The van der Waals surface area contributed by atoms with Gasteiger partial charge in [-0.3, -0.25) is 0 Å². The molecule has 0 aromatic carbocycles. The van der Waals surface area contributed by atoms with Gasteiger partial charge in [-0.15, -0.1) is 11.3 Å². The molecule has 1 heterocycles. The molecule has 19 heavy (non-hydrogen) atoms. The molecule has 6 heteroatoms. The van der Waals surface area contributed by atoms with Gasteiger partial charge in [-0.1, -0.05) is 0 Å². The van der Waals surface area contributed by atoms with Crippen LogP contribution < -0.4 is 5.73 Å². The first-order valence-corrected chi connectivity index (χ1v) is 7.95. The molecule has 0 aliphatic rings. The molecular formula is C13H22BrNO3S. The average molecular weight is 352 g/mol. The molecule has 1 rings (SSSR count). The van der Waals surface area contributed by atoms with E-state index in [0.29, 0.717) is 19.8 Å². The lowest BCUT2D eigenvalue weighted by Crippen LogP contribution is -2.27. The Balaban J connectivity index is 2.24. The molecule has 2 atom stereocenters. The number of hydrogen-bond donors (Lipinski definition) is 1. The molecule has 1 aromatic heterocycles. The molecule has 2 N–H and O–H groups in total. The van der Waals surface area contributed by atoms with Gasteiger partial charge in [0.25, 0.3) is 0 Å². The number of hydrogen-bond acceptors (Lipinski definition) is 5. The van der Waals surface area contributed by atoms with E-state index in [1.807, 2.05) is 19.1 Å². The van der Waals surface area contributed by atoms with E-state index in [1.54, 1.807) is 18.4 Å². The predicted octanol–water partition coefficient (Wildman–Crippen LogP) is 2.97. The topological polar surface area (TPSA) is 53.7 Å². The molecule has 0 spiro atoms. The van der Waals surface area contributed by atoms with Crippen LogP contribution in [0.5, 0.6) is 0 Å². The Morgan fingerprint density at radius 1 is 1.26 bits per heavy atom. The van der Waals surface area contributed by atoms with Gasteiger partial charge in [-0.25, -0.2) is 0 Å². The van der Waals surface area contributed by atoms with Crippen LogP contribution in [0.3, 0.4) is 0 Å². The quantitative estimate of drug-likeness (QED) is 0.658. The lowest BCUT2D eigenvalue weighted by molar-refractivity contribution is -0.00617. The molecule has 0 radical (unpaired) electrons. The number of halogens is 1. The second-order valence-corrected chi connectivity index (χ2v) is 6.75. The minimum atomic E-state index is -0.0705. The smallest absolute Gasteiger partial charge is 0.107 e. The summed E-state index contributed by atoms with van der Waals surface area (Å²) >= 11 is 5.11. The molecule has 4 nitrogen and oxygen atoms in total. The molecule has 110 valence electrons. The van der Waals surface area contributed by atoms with Crippen LogP contribution in [0.25, 0.3) is 0 Å². The zero-order valence-electron chi connectivity index (χ0n) is 11.4. The first-order chi connectivity index (χ1) is 9.15. The van der Waals surface area contributed by atoms with E-state index in [1.165, 1.54) is 0 Å². The van der Waals surface area contributed by atoms with Gasteiger partial charge >= 0.3 is 0 Å². The number of thiophene rings is 1. The Hall–Kier alpha value is 0.0200. The molecule has 0 aliphatic heterocycles. The third kappa shape index (κ3) is 6.83. The third-order valence-corrected chi connectivity index (χ3v) is 4.20. The van der Waals surface area contributed by atoms with E-state index in [9.17, 15) is 0 Å². The lowest BCUT2D eigenvalue weighted by atomic mass is 10.1. The van der Waals surface area contributed by atoms with Crippen molar-refractivity contribution in [2.24, 2.45) is 5.73 Å². The second-order valence-electron chi connectivity index (χ2n) is 4.25. The molecule has 0 aliphatic carbocycles. The van der Waals surface area contributed by atoms with Crippen LogP contribution in [0.1, 0.15) is 24.3 Å². The number of ether oxygens (including phenoxy) is 3. The summed E-state index contributed by atoms with van der Waals surface area (Å²) in [5.41, 5.74) is 5.97. The standard InChI is InChI=1S/C13H22BrNO3S/c1-10(15)13(11-4-5-12(14)19-11)18-9-8-17-7-3-6-16-2/h4-5,10,13H,3,6-9,15H2,1-2H3. The van der Waals surface area contributed by atoms with Crippen molar-refractivity contribution in [2.45, 2.75) is 25.5 Å².